The summed E-state index contributed by atoms with van der Waals surface area (Å²) in [5.74, 6) is -5.11. The molecule has 1 aliphatic heterocycles. The Labute approximate surface area is 221 Å². The average Bonchev–Trinajstić information content (AvgIpc) is 3.38. The van der Waals surface area contributed by atoms with Crippen LogP contribution in [0, 0.1) is 39.9 Å². The summed E-state index contributed by atoms with van der Waals surface area (Å²) in [6, 6.07) is 1.79. The van der Waals surface area contributed by atoms with Gasteiger partial charge in [-0.25, -0.2) is 4.79 Å². The second kappa shape index (κ2) is 8.64. The van der Waals surface area contributed by atoms with Gasteiger partial charge in [-0.05, 0) is 30.7 Å². The maximum Gasteiger partial charge on any atom is 0.347 e. The van der Waals surface area contributed by atoms with Crippen molar-refractivity contribution < 1.29 is 42.6 Å². The molecule has 9 heteroatoms. The van der Waals surface area contributed by atoms with Crippen molar-refractivity contribution in [2.45, 2.75) is 66.1 Å². The Morgan fingerprint density at radius 3 is 2.39 bits per heavy atom. The molecule has 0 aromatic carbocycles. The Kier molecular flexibility index (Phi) is 6.00. The van der Waals surface area contributed by atoms with Crippen LogP contribution >= 0.6 is 0 Å². The highest BCUT2D eigenvalue weighted by atomic mass is 16.6. The largest absolute Gasteiger partial charge is 0.472 e. The molecule has 38 heavy (non-hydrogen) atoms. The van der Waals surface area contributed by atoms with Gasteiger partial charge in [-0.15, -0.1) is 0 Å². The minimum Gasteiger partial charge on any atom is -0.472 e. The Hall–Kier alpha value is -3.23. The molecule has 5 rings (SSSR count). The lowest BCUT2D eigenvalue weighted by atomic mass is 9.40. The van der Waals surface area contributed by atoms with Gasteiger partial charge in [0.1, 0.15) is 6.10 Å². The first-order chi connectivity index (χ1) is 17.8. The van der Waals surface area contributed by atoms with Crippen LogP contribution in [0.5, 0.6) is 0 Å². The maximum absolute atomic E-state index is 14.1. The second-order valence-corrected chi connectivity index (χ2v) is 12.2. The van der Waals surface area contributed by atoms with E-state index >= 15 is 0 Å². The van der Waals surface area contributed by atoms with Crippen molar-refractivity contribution in [3.63, 3.8) is 0 Å². The molecule has 3 fully saturated rings. The minimum atomic E-state index is -1.44. The maximum atomic E-state index is 14.1. The van der Waals surface area contributed by atoms with Gasteiger partial charge in [-0.1, -0.05) is 39.3 Å². The number of ketones is 2. The van der Waals surface area contributed by atoms with Gasteiger partial charge in [-0.2, -0.15) is 0 Å². The number of methoxy groups -OCH3 is 1. The molecule has 9 nitrogen and oxygen atoms in total. The van der Waals surface area contributed by atoms with E-state index in [1.807, 2.05) is 0 Å². The lowest BCUT2D eigenvalue weighted by molar-refractivity contribution is -0.196. The Balaban J connectivity index is 1.67. The van der Waals surface area contributed by atoms with Crippen LogP contribution in [0.15, 0.2) is 34.7 Å². The predicted octanol–water partition coefficient (Wildman–Crippen LogP) is 3.76. The highest BCUT2D eigenvalue weighted by Gasteiger charge is 2.70. The molecule has 4 aliphatic rings. The summed E-state index contributed by atoms with van der Waals surface area (Å²) in [6.07, 6.45) is 4.24. The number of esters is 3. The lowest BCUT2D eigenvalue weighted by Crippen LogP contribution is -2.68. The van der Waals surface area contributed by atoms with E-state index in [1.165, 1.54) is 14.0 Å². The number of hydrogen-bond donors (Lipinski definition) is 0. The van der Waals surface area contributed by atoms with Gasteiger partial charge in [0.05, 0.1) is 32.0 Å². The van der Waals surface area contributed by atoms with Crippen LogP contribution in [0.4, 0.5) is 0 Å². The SMILES string of the molecule is COC(=O)C(OC(C)=O)[C@H]1C(C)(C)C(=O)C2C=C3[C@@H]4CC(=O)O[C@@H](c5ccoc5)[C@]4(C)CC[C@@H]3[C@@]1(C)C2=O. The summed E-state index contributed by atoms with van der Waals surface area (Å²) in [4.78, 5) is 66.0. The molecule has 0 amide bonds. The molecule has 2 unspecified atom stereocenters. The van der Waals surface area contributed by atoms with Gasteiger partial charge in [0, 0.05) is 34.7 Å². The van der Waals surface area contributed by atoms with Crippen LogP contribution in [0.2, 0.25) is 0 Å². The predicted molar refractivity (Wildman–Crippen MR) is 131 cm³/mol. The Morgan fingerprint density at radius 2 is 1.79 bits per heavy atom. The summed E-state index contributed by atoms with van der Waals surface area (Å²) in [7, 11) is 1.19. The lowest BCUT2D eigenvalue weighted by Gasteiger charge is -2.62. The molecule has 0 spiro atoms. The zero-order valence-electron chi connectivity index (χ0n) is 22.6. The normalized spacial score (nSPS) is 38.2. The molecule has 8 atom stereocenters. The van der Waals surface area contributed by atoms with E-state index in [2.05, 4.69) is 6.92 Å². The van der Waals surface area contributed by atoms with Crippen LogP contribution in [-0.4, -0.2) is 42.7 Å². The number of allylic oxidation sites excluding steroid dienone is 2. The van der Waals surface area contributed by atoms with Gasteiger partial charge in [-0.3, -0.25) is 19.2 Å². The Bertz CT molecular complexity index is 1240. The number of furan rings is 1. The number of Topliss-reactive ketones (excluding diaryl/α,β-unsaturated/α-hetero) is 2. The van der Waals surface area contributed by atoms with E-state index in [4.69, 9.17) is 18.6 Å². The monoisotopic (exact) mass is 526 g/mol. The number of carbonyl (C=O) groups is 5. The third kappa shape index (κ3) is 3.46. The van der Waals surface area contributed by atoms with E-state index in [0.717, 1.165) is 11.1 Å². The summed E-state index contributed by atoms with van der Waals surface area (Å²) < 4.78 is 21.6. The molecule has 3 aliphatic carbocycles. The number of ether oxygens (including phenoxy) is 3. The number of fused-ring (bicyclic) bond motifs is 6. The molecule has 2 bridgehead atoms. The molecule has 1 saturated heterocycles. The van der Waals surface area contributed by atoms with E-state index in [9.17, 15) is 24.0 Å². The number of carbonyl (C=O) groups excluding carboxylic acids is 5. The summed E-state index contributed by atoms with van der Waals surface area (Å²) >= 11 is 0. The summed E-state index contributed by atoms with van der Waals surface area (Å²) in [5.41, 5.74) is -1.24. The van der Waals surface area contributed by atoms with Gasteiger partial charge in [0.15, 0.2) is 11.6 Å². The second-order valence-electron chi connectivity index (χ2n) is 12.2. The fraction of sp³-hybridized carbons (Fsp3) is 0.621. The van der Waals surface area contributed by atoms with E-state index < -0.39 is 52.2 Å². The number of cyclic esters (lactones) is 1. The minimum absolute atomic E-state index is 0.122. The zero-order valence-corrected chi connectivity index (χ0v) is 22.6. The number of hydrogen-bond acceptors (Lipinski definition) is 9. The van der Waals surface area contributed by atoms with Gasteiger partial charge < -0.3 is 18.6 Å². The van der Waals surface area contributed by atoms with Crippen molar-refractivity contribution in [3.05, 3.63) is 35.8 Å². The molecule has 0 radical (unpaired) electrons. The molecule has 0 N–H and O–H groups in total. The van der Waals surface area contributed by atoms with Crippen LogP contribution in [0.25, 0.3) is 0 Å². The van der Waals surface area contributed by atoms with Crippen molar-refractivity contribution in [1.82, 2.24) is 0 Å². The fourth-order valence-corrected chi connectivity index (χ4v) is 8.20. The number of rotatable bonds is 4. The van der Waals surface area contributed by atoms with Crippen LogP contribution in [0.1, 0.15) is 65.5 Å². The first-order valence-corrected chi connectivity index (χ1v) is 13.0. The molecule has 2 heterocycles. The van der Waals surface area contributed by atoms with E-state index in [0.29, 0.717) is 12.8 Å². The van der Waals surface area contributed by atoms with E-state index in [-0.39, 0.29) is 35.8 Å². The van der Waals surface area contributed by atoms with Crippen LogP contribution in [-0.2, 0) is 38.2 Å². The van der Waals surface area contributed by atoms with Crippen molar-refractivity contribution in [3.8, 4) is 0 Å². The third-order valence-corrected chi connectivity index (χ3v) is 9.90. The van der Waals surface area contributed by atoms with Crippen molar-refractivity contribution in [1.29, 1.82) is 0 Å². The smallest absolute Gasteiger partial charge is 0.347 e. The van der Waals surface area contributed by atoms with Crippen molar-refractivity contribution in [2.24, 2.45) is 39.9 Å². The van der Waals surface area contributed by atoms with Crippen LogP contribution in [0.3, 0.4) is 0 Å². The summed E-state index contributed by atoms with van der Waals surface area (Å²) in [6.45, 7) is 8.45. The topological polar surface area (TPSA) is 126 Å². The summed E-state index contributed by atoms with van der Waals surface area (Å²) in [5, 5.41) is 0. The molecular formula is C29H34O9. The average molecular weight is 527 g/mol. The quantitative estimate of drug-likeness (QED) is 0.249. The highest BCUT2D eigenvalue weighted by Crippen LogP contribution is 2.67. The van der Waals surface area contributed by atoms with Crippen molar-refractivity contribution >= 4 is 29.5 Å². The molecular weight excluding hydrogens is 492 g/mol. The first-order valence-electron chi connectivity index (χ1n) is 13.0. The van der Waals surface area contributed by atoms with Gasteiger partial charge in [0.2, 0.25) is 6.10 Å². The van der Waals surface area contributed by atoms with Crippen molar-refractivity contribution in [2.75, 3.05) is 7.11 Å². The molecule has 2 saturated carbocycles. The zero-order chi connectivity index (χ0) is 27.8. The molecule has 204 valence electrons. The Morgan fingerprint density at radius 1 is 1.08 bits per heavy atom. The molecule has 1 aromatic heterocycles. The van der Waals surface area contributed by atoms with E-state index in [1.54, 1.807) is 45.4 Å². The standard InChI is InChI=1S/C29H34O9/c1-14(30)37-21(26(34)35-6)22-27(2,3)23(32)17-11-16-18(29(22,5)24(17)33)7-9-28(4)19(16)12-20(31)38-25(28)15-8-10-36-13-15/h8,10-11,13,17-19,21-22,25H,7,9,12H2,1-6H3/t17?,18-,19-,21?,22-,25-,28+,29+/m0/s1. The van der Waals surface area contributed by atoms with Gasteiger partial charge >= 0.3 is 17.9 Å². The van der Waals surface area contributed by atoms with Gasteiger partial charge in [0.25, 0.3) is 0 Å². The first kappa shape index (κ1) is 26.4. The fourth-order valence-electron chi connectivity index (χ4n) is 8.20. The van der Waals surface area contributed by atoms with Crippen LogP contribution < -0.4 is 0 Å². The molecule has 1 aromatic rings. The highest BCUT2D eigenvalue weighted by molar-refractivity contribution is 6.13. The third-order valence-electron chi connectivity index (χ3n) is 9.90.